The molecule has 0 spiro atoms. The van der Waals surface area contributed by atoms with Crippen LogP contribution in [0.5, 0.6) is 0 Å². The minimum atomic E-state index is -4.26. The fourth-order valence-corrected chi connectivity index (χ4v) is 2.35. The van der Waals surface area contributed by atoms with Gasteiger partial charge in [0.25, 0.3) is 0 Å². The molecule has 1 aromatic rings. The number of hydrogen-bond donors (Lipinski definition) is 1. The summed E-state index contributed by atoms with van der Waals surface area (Å²) in [6.07, 6.45) is -1.78. The predicted molar refractivity (Wildman–Crippen MR) is 70.2 cm³/mol. The molecular formula is C14H19F3N2. The van der Waals surface area contributed by atoms with Crippen molar-refractivity contribution in [3.05, 3.63) is 29.8 Å². The van der Waals surface area contributed by atoms with Crippen molar-refractivity contribution in [1.29, 1.82) is 0 Å². The molecule has 0 bridgehead atoms. The first-order valence-corrected chi connectivity index (χ1v) is 6.62. The number of hydrogen-bond acceptors (Lipinski definition) is 2. The van der Waals surface area contributed by atoms with Crippen LogP contribution in [0.15, 0.2) is 24.3 Å². The van der Waals surface area contributed by atoms with Gasteiger partial charge in [0.1, 0.15) is 0 Å². The zero-order valence-electron chi connectivity index (χ0n) is 11.0. The van der Waals surface area contributed by atoms with Crippen LogP contribution >= 0.6 is 0 Å². The lowest BCUT2D eigenvalue weighted by atomic mass is 10.2. The Bertz CT molecular complexity index is 394. The molecule has 19 heavy (non-hydrogen) atoms. The molecule has 0 aromatic heterocycles. The van der Waals surface area contributed by atoms with Gasteiger partial charge in [-0.25, -0.2) is 0 Å². The van der Waals surface area contributed by atoms with Crippen LogP contribution in [0.1, 0.15) is 25.3 Å². The van der Waals surface area contributed by atoms with E-state index >= 15 is 0 Å². The second-order valence-electron chi connectivity index (χ2n) is 5.05. The Balaban J connectivity index is 1.86. The summed E-state index contributed by atoms with van der Waals surface area (Å²) in [5.41, 5.74) is 0.129. The first-order valence-electron chi connectivity index (χ1n) is 6.62. The average Bonchev–Trinajstić information content (AvgIpc) is 2.89. The van der Waals surface area contributed by atoms with Crippen LogP contribution in [0.4, 0.5) is 18.9 Å². The number of likely N-dealkylation sites (tertiary alicyclic amines) is 1. The Labute approximate surface area is 111 Å². The minimum Gasteiger partial charge on any atom is -0.383 e. The van der Waals surface area contributed by atoms with E-state index in [1.54, 1.807) is 0 Å². The SMILES string of the molecule is CC(CNc1ccc(C(F)(F)F)cc1)N1CCCC1. The normalized spacial score (nSPS) is 18.5. The molecule has 0 amide bonds. The molecule has 1 aliphatic heterocycles. The summed E-state index contributed by atoms with van der Waals surface area (Å²) in [5.74, 6) is 0. The molecule has 1 heterocycles. The van der Waals surface area contributed by atoms with Gasteiger partial charge in [0, 0.05) is 18.3 Å². The fraction of sp³-hybridized carbons (Fsp3) is 0.571. The Morgan fingerprint density at radius 3 is 2.26 bits per heavy atom. The van der Waals surface area contributed by atoms with E-state index < -0.39 is 11.7 Å². The van der Waals surface area contributed by atoms with E-state index in [-0.39, 0.29) is 0 Å². The lowest BCUT2D eigenvalue weighted by Gasteiger charge is -2.24. The van der Waals surface area contributed by atoms with Crippen LogP contribution < -0.4 is 5.32 Å². The first-order chi connectivity index (χ1) is 8.97. The quantitative estimate of drug-likeness (QED) is 0.901. The van der Waals surface area contributed by atoms with Crippen LogP contribution in [0, 0.1) is 0 Å². The summed E-state index contributed by atoms with van der Waals surface area (Å²) < 4.78 is 37.2. The van der Waals surface area contributed by atoms with E-state index in [1.807, 2.05) is 0 Å². The van der Waals surface area contributed by atoms with Gasteiger partial charge in [-0.05, 0) is 57.1 Å². The molecule has 1 fully saturated rings. The molecule has 0 aliphatic carbocycles. The molecule has 1 saturated heterocycles. The molecule has 1 atom stereocenters. The molecular weight excluding hydrogens is 253 g/mol. The third-order valence-corrected chi connectivity index (χ3v) is 3.58. The highest BCUT2D eigenvalue weighted by Crippen LogP contribution is 2.29. The Morgan fingerprint density at radius 2 is 1.74 bits per heavy atom. The summed E-state index contributed by atoms with van der Waals surface area (Å²) >= 11 is 0. The molecule has 1 aliphatic rings. The summed E-state index contributed by atoms with van der Waals surface area (Å²) in [4.78, 5) is 2.40. The van der Waals surface area contributed by atoms with E-state index in [4.69, 9.17) is 0 Å². The second kappa shape index (κ2) is 5.82. The van der Waals surface area contributed by atoms with Crippen LogP contribution in [-0.2, 0) is 6.18 Å². The van der Waals surface area contributed by atoms with Gasteiger partial charge in [0.2, 0.25) is 0 Å². The third-order valence-electron chi connectivity index (χ3n) is 3.58. The van der Waals surface area contributed by atoms with Crippen molar-refractivity contribution < 1.29 is 13.2 Å². The Hall–Kier alpha value is -1.23. The Morgan fingerprint density at radius 1 is 1.16 bits per heavy atom. The van der Waals surface area contributed by atoms with E-state index in [0.29, 0.717) is 6.04 Å². The molecule has 1 unspecified atom stereocenters. The highest BCUT2D eigenvalue weighted by molar-refractivity contribution is 5.45. The van der Waals surface area contributed by atoms with Crippen LogP contribution in [0.3, 0.4) is 0 Å². The third kappa shape index (κ3) is 3.86. The summed E-state index contributed by atoms with van der Waals surface area (Å²) in [7, 11) is 0. The zero-order chi connectivity index (χ0) is 13.9. The topological polar surface area (TPSA) is 15.3 Å². The van der Waals surface area contributed by atoms with Crippen LogP contribution in [0.25, 0.3) is 0 Å². The average molecular weight is 272 g/mol. The molecule has 0 radical (unpaired) electrons. The van der Waals surface area contributed by atoms with Crippen molar-refractivity contribution in [3.63, 3.8) is 0 Å². The fourth-order valence-electron chi connectivity index (χ4n) is 2.35. The van der Waals surface area contributed by atoms with Gasteiger partial charge in [0.15, 0.2) is 0 Å². The molecule has 106 valence electrons. The first kappa shape index (κ1) is 14.2. The number of halogens is 3. The maximum atomic E-state index is 12.4. The highest BCUT2D eigenvalue weighted by Gasteiger charge is 2.29. The van der Waals surface area contributed by atoms with Gasteiger partial charge >= 0.3 is 6.18 Å². The Kier molecular flexibility index (Phi) is 4.34. The molecule has 0 saturated carbocycles. The summed E-state index contributed by atoms with van der Waals surface area (Å²) in [5, 5.41) is 3.19. The summed E-state index contributed by atoms with van der Waals surface area (Å²) in [6.45, 7) is 5.14. The number of benzene rings is 1. The van der Waals surface area contributed by atoms with E-state index in [9.17, 15) is 13.2 Å². The van der Waals surface area contributed by atoms with Crippen molar-refractivity contribution in [1.82, 2.24) is 4.90 Å². The van der Waals surface area contributed by atoms with E-state index in [1.165, 1.54) is 25.0 Å². The monoisotopic (exact) mass is 272 g/mol. The maximum absolute atomic E-state index is 12.4. The van der Waals surface area contributed by atoms with Crippen LogP contribution in [-0.4, -0.2) is 30.6 Å². The number of anilines is 1. The molecule has 2 rings (SSSR count). The number of nitrogens with zero attached hydrogens (tertiary/aromatic N) is 1. The molecule has 1 N–H and O–H groups in total. The van der Waals surface area contributed by atoms with Gasteiger partial charge in [-0.2, -0.15) is 13.2 Å². The van der Waals surface area contributed by atoms with E-state index in [2.05, 4.69) is 17.1 Å². The van der Waals surface area contributed by atoms with Crippen LogP contribution in [0.2, 0.25) is 0 Å². The lowest BCUT2D eigenvalue weighted by Crippen LogP contribution is -2.35. The van der Waals surface area contributed by atoms with Crippen molar-refractivity contribution in [2.75, 3.05) is 25.0 Å². The van der Waals surface area contributed by atoms with Crippen molar-refractivity contribution in [2.45, 2.75) is 32.0 Å². The minimum absolute atomic E-state index is 0.407. The van der Waals surface area contributed by atoms with Gasteiger partial charge in [0.05, 0.1) is 5.56 Å². The smallest absolute Gasteiger partial charge is 0.383 e. The molecule has 2 nitrogen and oxygen atoms in total. The number of rotatable bonds is 4. The lowest BCUT2D eigenvalue weighted by molar-refractivity contribution is -0.137. The predicted octanol–water partition coefficient (Wildman–Crippen LogP) is 3.60. The van der Waals surface area contributed by atoms with E-state index in [0.717, 1.165) is 37.5 Å². The van der Waals surface area contributed by atoms with Crippen molar-refractivity contribution in [3.8, 4) is 0 Å². The zero-order valence-corrected chi connectivity index (χ0v) is 11.0. The summed E-state index contributed by atoms with van der Waals surface area (Å²) in [6, 6.07) is 5.61. The molecule has 5 heteroatoms. The van der Waals surface area contributed by atoms with Gasteiger partial charge in [-0.3, -0.25) is 4.90 Å². The second-order valence-corrected chi connectivity index (χ2v) is 5.05. The maximum Gasteiger partial charge on any atom is 0.416 e. The highest BCUT2D eigenvalue weighted by atomic mass is 19.4. The molecule has 1 aromatic carbocycles. The van der Waals surface area contributed by atoms with Crippen molar-refractivity contribution in [2.24, 2.45) is 0 Å². The van der Waals surface area contributed by atoms with Crippen molar-refractivity contribution >= 4 is 5.69 Å². The van der Waals surface area contributed by atoms with Gasteiger partial charge in [-0.15, -0.1) is 0 Å². The number of nitrogens with one attached hydrogen (secondary N) is 1. The number of alkyl halides is 3. The van der Waals surface area contributed by atoms with Gasteiger partial charge < -0.3 is 5.32 Å². The largest absolute Gasteiger partial charge is 0.416 e. The van der Waals surface area contributed by atoms with Gasteiger partial charge in [-0.1, -0.05) is 0 Å². The standard InChI is InChI=1S/C14H19F3N2/c1-11(19-8-2-3-9-19)10-18-13-6-4-12(5-7-13)14(15,16)17/h4-7,11,18H,2-3,8-10H2,1H3.